The van der Waals surface area contributed by atoms with Crippen LogP contribution in [-0.2, 0) is 14.3 Å². The van der Waals surface area contributed by atoms with Crippen molar-refractivity contribution in [2.45, 2.75) is 39.2 Å². The van der Waals surface area contributed by atoms with Crippen molar-refractivity contribution in [1.29, 1.82) is 0 Å². The number of hydrogen-bond donors (Lipinski definition) is 1. The van der Waals surface area contributed by atoms with Crippen LogP contribution in [0.4, 0.5) is 0 Å². The predicted molar refractivity (Wildman–Crippen MR) is 53.0 cm³/mol. The van der Waals surface area contributed by atoms with Crippen LogP contribution in [0.5, 0.6) is 0 Å². The zero-order chi connectivity index (χ0) is 10.8. The van der Waals surface area contributed by atoms with E-state index in [0.717, 1.165) is 6.42 Å². The van der Waals surface area contributed by atoms with Crippen molar-refractivity contribution >= 4 is 5.97 Å². The average Bonchev–Trinajstić information content (AvgIpc) is 2.19. The summed E-state index contributed by atoms with van der Waals surface area (Å²) in [5.74, 6) is -0.182. The van der Waals surface area contributed by atoms with Crippen molar-refractivity contribution in [3.8, 4) is 0 Å². The van der Waals surface area contributed by atoms with Gasteiger partial charge in [0.1, 0.15) is 0 Å². The third-order valence-electron chi connectivity index (χ3n) is 1.88. The van der Waals surface area contributed by atoms with Gasteiger partial charge in [-0.05, 0) is 19.8 Å². The lowest BCUT2D eigenvalue weighted by atomic mass is 10.1. The smallest absolute Gasteiger partial charge is 0.305 e. The molecule has 4 heteroatoms. The molecule has 0 aromatic rings. The van der Waals surface area contributed by atoms with Crippen molar-refractivity contribution in [2.24, 2.45) is 0 Å². The maximum atomic E-state index is 11.0. The van der Waals surface area contributed by atoms with Crippen molar-refractivity contribution in [3.63, 3.8) is 0 Å². The summed E-state index contributed by atoms with van der Waals surface area (Å²) in [6.45, 7) is 4.56. The number of esters is 1. The van der Waals surface area contributed by atoms with Crippen molar-refractivity contribution in [2.75, 3.05) is 19.8 Å². The van der Waals surface area contributed by atoms with E-state index in [-0.39, 0.29) is 18.7 Å². The fourth-order valence-electron chi connectivity index (χ4n) is 1.14. The van der Waals surface area contributed by atoms with E-state index in [0.29, 0.717) is 26.1 Å². The molecule has 0 heterocycles. The molecule has 0 aromatic carbocycles. The summed E-state index contributed by atoms with van der Waals surface area (Å²) in [4.78, 5) is 11.0. The minimum absolute atomic E-state index is 0.0237. The number of aliphatic hydroxyl groups excluding tert-OH is 1. The van der Waals surface area contributed by atoms with Gasteiger partial charge in [-0.1, -0.05) is 6.92 Å². The van der Waals surface area contributed by atoms with Crippen LogP contribution in [0.25, 0.3) is 0 Å². The summed E-state index contributed by atoms with van der Waals surface area (Å²) < 4.78 is 10.1. The molecule has 4 nitrogen and oxygen atoms in total. The van der Waals surface area contributed by atoms with Gasteiger partial charge in [0.15, 0.2) is 0 Å². The van der Waals surface area contributed by atoms with Gasteiger partial charge < -0.3 is 14.6 Å². The van der Waals surface area contributed by atoms with Gasteiger partial charge in [0.25, 0.3) is 0 Å². The minimum atomic E-state index is -0.182. The molecule has 0 fully saturated rings. The molecule has 0 aliphatic carbocycles. The quantitative estimate of drug-likeness (QED) is 0.602. The number of rotatable bonds is 8. The Morgan fingerprint density at radius 3 is 2.64 bits per heavy atom. The standard InChI is InChI=1S/C10H20O4/c1-3-9(14-8-7-11)5-6-10(12)13-4-2/h9,11H,3-8H2,1-2H3. The fourth-order valence-corrected chi connectivity index (χ4v) is 1.14. The molecule has 84 valence electrons. The number of hydrogen-bond acceptors (Lipinski definition) is 4. The monoisotopic (exact) mass is 204 g/mol. The van der Waals surface area contributed by atoms with E-state index in [1.54, 1.807) is 6.92 Å². The molecule has 0 spiro atoms. The second-order valence-corrected chi connectivity index (χ2v) is 2.97. The van der Waals surface area contributed by atoms with Crippen LogP contribution in [0.2, 0.25) is 0 Å². The maximum Gasteiger partial charge on any atom is 0.305 e. The molecule has 0 rings (SSSR count). The van der Waals surface area contributed by atoms with Crippen LogP contribution < -0.4 is 0 Å². The lowest BCUT2D eigenvalue weighted by Crippen LogP contribution is -2.16. The van der Waals surface area contributed by atoms with Gasteiger partial charge in [-0.15, -0.1) is 0 Å². The Morgan fingerprint density at radius 2 is 2.14 bits per heavy atom. The van der Waals surface area contributed by atoms with Crippen LogP contribution in [0.15, 0.2) is 0 Å². The molecule has 0 radical (unpaired) electrons. The van der Waals surface area contributed by atoms with Gasteiger partial charge in [0, 0.05) is 6.42 Å². The first-order valence-corrected chi connectivity index (χ1v) is 5.12. The Bertz CT molecular complexity index is 147. The van der Waals surface area contributed by atoms with E-state index in [4.69, 9.17) is 14.6 Å². The van der Waals surface area contributed by atoms with Crippen molar-refractivity contribution in [1.82, 2.24) is 0 Å². The van der Waals surface area contributed by atoms with Crippen LogP contribution >= 0.6 is 0 Å². The maximum absolute atomic E-state index is 11.0. The fraction of sp³-hybridized carbons (Fsp3) is 0.900. The summed E-state index contributed by atoms with van der Waals surface area (Å²) >= 11 is 0. The number of ether oxygens (including phenoxy) is 2. The van der Waals surface area contributed by atoms with Crippen LogP contribution in [0, 0.1) is 0 Å². The normalized spacial score (nSPS) is 12.5. The highest BCUT2D eigenvalue weighted by Gasteiger charge is 2.09. The zero-order valence-corrected chi connectivity index (χ0v) is 8.99. The number of aliphatic hydroxyl groups is 1. The topological polar surface area (TPSA) is 55.8 Å². The third-order valence-corrected chi connectivity index (χ3v) is 1.88. The van der Waals surface area contributed by atoms with E-state index < -0.39 is 0 Å². The first-order valence-electron chi connectivity index (χ1n) is 5.12. The van der Waals surface area contributed by atoms with E-state index in [1.807, 2.05) is 6.92 Å². The highest BCUT2D eigenvalue weighted by Crippen LogP contribution is 2.07. The Morgan fingerprint density at radius 1 is 1.43 bits per heavy atom. The second-order valence-electron chi connectivity index (χ2n) is 2.97. The van der Waals surface area contributed by atoms with Gasteiger partial charge in [-0.2, -0.15) is 0 Å². The van der Waals surface area contributed by atoms with Gasteiger partial charge in [-0.3, -0.25) is 4.79 Å². The van der Waals surface area contributed by atoms with Crippen LogP contribution in [0.1, 0.15) is 33.1 Å². The summed E-state index contributed by atoms with van der Waals surface area (Å²) in [5.41, 5.74) is 0. The second kappa shape index (κ2) is 8.97. The molecule has 0 aliphatic rings. The van der Waals surface area contributed by atoms with Crippen LogP contribution in [0.3, 0.4) is 0 Å². The van der Waals surface area contributed by atoms with E-state index in [1.165, 1.54) is 0 Å². The largest absolute Gasteiger partial charge is 0.466 e. The zero-order valence-electron chi connectivity index (χ0n) is 8.99. The molecule has 0 saturated carbocycles. The molecule has 0 saturated heterocycles. The highest BCUT2D eigenvalue weighted by molar-refractivity contribution is 5.69. The molecule has 1 unspecified atom stereocenters. The lowest BCUT2D eigenvalue weighted by Gasteiger charge is -2.14. The van der Waals surface area contributed by atoms with Gasteiger partial charge in [0.05, 0.1) is 25.9 Å². The molecule has 0 aromatic heterocycles. The Labute approximate surface area is 85.2 Å². The number of carbonyl (C=O) groups is 1. The molecule has 1 N–H and O–H groups in total. The number of carbonyl (C=O) groups excluding carboxylic acids is 1. The van der Waals surface area contributed by atoms with E-state index in [9.17, 15) is 4.79 Å². The predicted octanol–water partition coefficient (Wildman–Crippen LogP) is 1.12. The minimum Gasteiger partial charge on any atom is -0.466 e. The first kappa shape index (κ1) is 13.4. The highest BCUT2D eigenvalue weighted by atomic mass is 16.5. The summed E-state index contributed by atoms with van der Waals surface area (Å²) in [6.07, 6.45) is 1.94. The lowest BCUT2D eigenvalue weighted by molar-refractivity contribution is -0.144. The molecular formula is C10H20O4. The van der Waals surface area contributed by atoms with E-state index in [2.05, 4.69) is 0 Å². The first-order chi connectivity index (χ1) is 6.74. The molecular weight excluding hydrogens is 184 g/mol. The third kappa shape index (κ3) is 6.86. The van der Waals surface area contributed by atoms with Gasteiger partial charge in [-0.25, -0.2) is 0 Å². The SMILES string of the molecule is CCOC(=O)CCC(CC)OCCO. The van der Waals surface area contributed by atoms with Crippen molar-refractivity contribution < 1.29 is 19.4 Å². The summed E-state index contributed by atoms with van der Waals surface area (Å²) in [7, 11) is 0. The molecule has 0 aliphatic heterocycles. The Hall–Kier alpha value is -0.610. The molecule has 0 bridgehead atoms. The van der Waals surface area contributed by atoms with Gasteiger partial charge in [0.2, 0.25) is 0 Å². The van der Waals surface area contributed by atoms with Crippen LogP contribution in [-0.4, -0.2) is 37.0 Å². The molecule has 1 atom stereocenters. The van der Waals surface area contributed by atoms with Gasteiger partial charge >= 0.3 is 5.97 Å². The van der Waals surface area contributed by atoms with E-state index >= 15 is 0 Å². The summed E-state index contributed by atoms with van der Waals surface area (Å²) in [6, 6.07) is 0. The molecule has 0 amide bonds. The molecule has 14 heavy (non-hydrogen) atoms. The average molecular weight is 204 g/mol. The Balaban J connectivity index is 3.55. The summed E-state index contributed by atoms with van der Waals surface area (Å²) in [5, 5.41) is 8.56. The Kier molecular flexibility index (Phi) is 8.57. The van der Waals surface area contributed by atoms with Crippen molar-refractivity contribution in [3.05, 3.63) is 0 Å².